The van der Waals surface area contributed by atoms with E-state index in [-0.39, 0.29) is 29.2 Å². The lowest BCUT2D eigenvalue weighted by atomic mass is 9.91. The summed E-state index contributed by atoms with van der Waals surface area (Å²) in [6.45, 7) is 2.68. The predicted molar refractivity (Wildman–Crippen MR) is 72.8 cm³/mol. The zero-order valence-electron chi connectivity index (χ0n) is 10.0. The quantitative estimate of drug-likeness (QED) is 0.752. The van der Waals surface area contributed by atoms with Crippen LogP contribution in [0.4, 0.5) is 4.39 Å². The van der Waals surface area contributed by atoms with Crippen molar-refractivity contribution in [1.82, 2.24) is 0 Å². The van der Waals surface area contributed by atoms with Gasteiger partial charge in [-0.2, -0.15) is 0 Å². The molecule has 1 aliphatic carbocycles. The lowest BCUT2D eigenvalue weighted by Gasteiger charge is -2.40. The first-order valence-corrected chi connectivity index (χ1v) is 7.22. The SMILES string of the molecule is CCCOC1C(Cl)CC1Oc1ccc(Br)cc1F. The molecule has 100 valence electrons. The molecule has 0 bridgehead atoms. The van der Waals surface area contributed by atoms with Crippen molar-refractivity contribution in [2.24, 2.45) is 0 Å². The number of ether oxygens (including phenoxy) is 2. The molecule has 18 heavy (non-hydrogen) atoms. The highest BCUT2D eigenvalue weighted by Crippen LogP contribution is 2.34. The van der Waals surface area contributed by atoms with Gasteiger partial charge in [0.2, 0.25) is 0 Å². The maximum Gasteiger partial charge on any atom is 0.166 e. The molecule has 0 saturated heterocycles. The molecule has 0 heterocycles. The Labute approximate surface area is 120 Å². The van der Waals surface area contributed by atoms with Crippen molar-refractivity contribution in [2.75, 3.05) is 6.61 Å². The third-order valence-corrected chi connectivity index (χ3v) is 3.79. The van der Waals surface area contributed by atoms with Gasteiger partial charge in [-0.25, -0.2) is 4.39 Å². The van der Waals surface area contributed by atoms with Crippen LogP contribution in [0.5, 0.6) is 5.75 Å². The average Bonchev–Trinajstić information content (AvgIpc) is 2.32. The largest absolute Gasteiger partial charge is 0.485 e. The zero-order chi connectivity index (χ0) is 13.1. The van der Waals surface area contributed by atoms with Crippen LogP contribution < -0.4 is 4.74 Å². The van der Waals surface area contributed by atoms with Crippen molar-refractivity contribution < 1.29 is 13.9 Å². The second-order valence-electron chi connectivity index (χ2n) is 4.32. The Morgan fingerprint density at radius 3 is 2.89 bits per heavy atom. The highest BCUT2D eigenvalue weighted by molar-refractivity contribution is 9.10. The predicted octanol–water partition coefficient (Wildman–Crippen LogP) is 4.14. The van der Waals surface area contributed by atoms with Crippen molar-refractivity contribution in [3.63, 3.8) is 0 Å². The molecule has 5 heteroatoms. The van der Waals surface area contributed by atoms with Crippen molar-refractivity contribution in [1.29, 1.82) is 0 Å². The maximum absolute atomic E-state index is 13.6. The van der Waals surface area contributed by atoms with Gasteiger partial charge in [-0.05, 0) is 24.6 Å². The molecule has 0 aliphatic heterocycles. The van der Waals surface area contributed by atoms with Crippen LogP contribution in [0.25, 0.3) is 0 Å². The first-order valence-electron chi connectivity index (χ1n) is 5.99. The highest BCUT2D eigenvalue weighted by atomic mass is 79.9. The van der Waals surface area contributed by atoms with E-state index in [1.165, 1.54) is 6.07 Å². The van der Waals surface area contributed by atoms with Crippen molar-refractivity contribution in [3.05, 3.63) is 28.5 Å². The Kier molecular flexibility index (Phi) is 4.87. The van der Waals surface area contributed by atoms with E-state index in [2.05, 4.69) is 15.9 Å². The Morgan fingerprint density at radius 1 is 1.50 bits per heavy atom. The molecule has 2 rings (SSSR count). The summed E-state index contributed by atoms with van der Waals surface area (Å²) < 4.78 is 25.5. The third kappa shape index (κ3) is 3.16. The zero-order valence-corrected chi connectivity index (χ0v) is 12.4. The van der Waals surface area contributed by atoms with Crippen LogP contribution in [0.15, 0.2) is 22.7 Å². The van der Waals surface area contributed by atoms with Crippen LogP contribution in [0.2, 0.25) is 0 Å². The molecule has 3 atom stereocenters. The van der Waals surface area contributed by atoms with E-state index < -0.39 is 0 Å². The molecular formula is C13H15BrClFO2. The molecular weight excluding hydrogens is 322 g/mol. The van der Waals surface area contributed by atoms with Crippen LogP contribution >= 0.6 is 27.5 Å². The summed E-state index contributed by atoms with van der Waals surface area (Å²) in [6, 6.07) is 4.74. The molecule has 0 N–H and O–H groups in total. The van der Waals surface area contributed by atoms with Gasteiger partial charge in [-0.3, -0.25) is 0 Å². The number of rotatable bonds is 5. The van der Waals surface area contributed by atoms with Crippen LogP contribution in [0.1, 0.15) is 19.8 Å². The molecule has 0 amide bonds. The van der Waals surface area contributed by atoms with E-state index in [1.54, 1.807) is 12.1 Å². The molecule has 0 aromatic heterocycles. The van der Waals surface area contributed by atoms with E-state index in [0.29, 0.717) is 17.5 Å². The fourth-order valence-corrected chi connectivity index (χ4v) is 2.59. The Bertz CT molecular complexity index is 416. The van der Waals surface area contributed by atoms with Gasteiger partial charge >= 0.3 is 0 Å². The van der Waals surface area contributed by atoms with E-state index in [1.807, 2.05) is 6.92 Å². The molecule has 2 nitrogen and oxygen atoms in total. The summed E-state index contributed by atoms with van der Waals surface area (Å²) in [6.07, 6.45) is 1.31. The lowest BCUT2D eigenvalue weighted by molar-refractivity contribution is -0.0808. The summed E-state index contributed by atoms with van der Waals surface area (Å²) in [5.41, 5.74) is 0. The van der Waals surface area contributed by atoms with Gasteiger partial charge in [0.05, 0.1) is 5.38 Å². The van der Waals surface area contributed by atoms with E-state index in [4.69, 9.17) is 21.1 Å². The summed E-state index contributed by atoms with van der Waals surface area (Å²) in [4.78, 5) is 0. The van der Waals surface area contributed by atoms with Crippen LogP contribution in [0.3, 0.4) is 0 Å². The second kappa shape index (κ2) is 6.22. The van der Waals surface area contributed by atoms with Crippen LogP contribution in [0, 0.1) is 5.82 Å². The molecule has 1 fully saturated rings. The summed E-state index contributed by atoms with van der Waals surface area (Å²) >= 11 is 9.28. The molecule has 1 saturated carbocycles. The number of benzene rings is 1. The summed E-state index contributed by atoms with van der Waals surface area (Å²) in [5, 5.41) is -0.0416. The number of alkyl halides is 1. The molecule has 1 aliphatic rings. The number of halogens is 3. The lowest BCUT2D eigenvalue weighted by Crippen LogP contribution is -2.52. The van der Waals surface area contributed by atoms with Crippen molar-refractivity contribution >= 4 is 27.5 Å². The van der Waals surface area contributed by atoms with Gasteiger partial charge in [0.15, 0.2) is 11.6 Å². The minimum atomic E-state index is -0.378. The maximum atomic E-state index is 13.6. The highest BCUT2D eigenvalue weighted by Gasteiger charge is 2.43. The second-order valence-corrected chi connectivity index (χ2v) is 5.79. The summed E-state index contributed by atoms with van der Waals surface area (Å²) in [7, 11) is 0. The van der Waals surface area contributed by atoms with E-state index in [0.717, 1.165) is 6.42 Å². The van der Waals surface area contributed by atoms with Gasteiger partial charge in [0, 0.05) is 17.5 Å². The number of hydrogen-bond acceptors (Lipinski definition) is 2. The molecule has 0 radical (unpaired) electrons. The first kappa shape index (κ1) is 14.1. The Morgan fingerprint density at radius 2 is 2.28 bits per heavy atom. The van der Waals surface area contributed by atoms with E-state index >= 15 is 0 Å². The van der Waals surface area contributed by atoms with Crippen molar-refractivity contribution in [2.45, 2.75) is 37.4 Å². The van der Waals surface area contributed by atoms with Crippen LogP contribution in [-0.4, -0.2) is 24.2 Å². The van der Waals surface area contributed by atoms with Gasteiger partial charge in [0.1, 0.15) is 12.2 Å². The summed E-state index contributed by atoms with van der Waals surface area (Å²) in [5.74, 6) is -0.131. The van der Waals surface area contributed by atoms with Gasteiger partial charge in [-0.1, -0.05) is 22.9 Å². The third-order valence-electron chi connectivity index (χ3n) is 2.87. The van der Waals surface area contributed by atoms with Gasteiger partial charge in [0.25, 0.3) is 0 Å². The monoisotopic (exact) mass is 336 g/mol. The van der Waals surface area contributed by atoms with Gasteiger partial charge < -0.3 is 9.47 Å². The first-order chi connectivity index (χ1) is 8.61. The minimum absolute atomic E-state index is 0.0416. The van der Waals surface area contributed by atoms with Gasteiger partial charge in [-0.15, -0.1) is 11.6 Å². The fourth-order valence-electron chi connectivity index (χ4n) is 1.84. The average molecular weight is 338 g/mol. The Hall–Kier alpha value is -0.320. The molecule has 1 aromatic rings. The van der Waals surface area contributed by atoms with Crippen LogP contribution in [-0.2, 0) is 4.74 Å². The molecule has 1 aromatic carbocycles. The normalized spacial score (nSPS) is 26.8. The topological polar surface area (TPSA) is 18.5 Å². The van der Waals surface area contributed by atoms with E-state index in [9.17, 15) is 4.39 Å². The Balaban J connectivity index is 1.96. The fraction of sp³-hybridized carbons (Fsp3) is 0.538. The standard InChI is InChI=1S/C13H15BrClFO2/c1-2-5-17-13-9(15)7-12(13)18-11-4-3-8(14)6-10(11)16/h3-4,6,9,12-13H,2,5,7H2,1H3. The molecule has 3 unspecified atom stereocenters. The molecule has 0 spiro atoms. The number of hydrogen-bond donors (Lipinski definition) is 0. The minimum Gasteiger partial charge on any atom is -0.485 e. The smallest absolute Gasteiger partial charge is 0.166 e. The van der Waals surface area contributed by atoms with Crippen molar-refractivity contribution in [3.8, 4) is 5.75 Å².